The number of hydrogen-bond donors (Lipinski definition) is 0. The first-order chi connectivity index (χ1) is 9.19. The van der Waals surface area contributed by atoms with Crippen molar-refractivity contribution in [1.29, 1.82) is 0 Å². The number of hydrogen-bond acceptors (Lipinski definition) is 3. The highest BCUT2D eigenvalue weighted by Gasteiger charge is 2.14. The molecule has 0 radical (unpaired) electrons. The number of alkyl halides is 1. The van der Waals surface area contributed by atoms with Crippen molar-refractivity contribution in [2.75, 3.05) is 0 Å². The van der Waals surface area contributed by atoms with Gasteiger partial charge in [0.1, 0.15) is 23.6 Å². The Morgan fingerprint density at radius 1 is 1.37 bits per heavy atom. The smallest absolute Gasteiger partial charge is 0.214 e. The molecule has 2 heterocycles. The lowest BCUT2D eigenvalue weighted by Crippen LogP contribution is -2.03. The van der Waals surface area contributed by atoms with Gasteiger partial charge in [-0.05, 0) is 19.1 Å². The first kappa shape index (κ1) is 12.5. The highest BCUT2D eigenvalue weighted by Crippen LogP contribution is 2.25. The Balaban J connectivity index is 2.13. The van der Waals surface area contributed by atoms with Gasteiger partial charge < -0.3 is 8.98 Å². The van der Waals surface area contributed by atoms with Crippen molar-refractivity contribution >= 4 is 34.2 Å². The molecule has 0 atom stereocenters. The summed E-state index contributed by atoms with van der Waals surface area (Å²) in [5, 5.41) is 0.617. The molecule has 0 aliphatic rings. The highest BCUT2D eigenvalue weighted by atomic mass is 35.5. The van der Waals surface area contributed by atoms with Crippen LogP contribution < -0.4 is 0 Å². The van der Waals surface area contributed by atoms with Crippen LogP contribution in [0, 0.1) is 6.92 Å². The average Bonchev–Trinajstić information content (AvgIpc) is 2.96. The lowest BCUT2D eigenvalue weighted by molar-refractivity contribution is 0.457. The van der Waals surface area contributed by atoms with Gasteiger partial charge in [-0.15, -0.1) is 11.6 Å². The number of halogens is 2. The second-order valence-corrected chi connectivity index (χ2v) is 4.89. The van der Waals surface area contributed by atoms with Gasteiger partial charge in [-0.1, -0.05) is 17.7 Å². The fourth-order valence-electron chi connectivity index (χ4n) is 2.05. The van der Waals surface area contributed by atoms with Gasteiger partial charge in [0, 0.05) is 0 Å². The minimum Gasteiger partial charge on any atom is -0.444 e. The number of fused-ring (bicyclic) bond motifs is 1. The van der Waals surface area contributed by atoms with Crippen LogP contribution in [0.1, 0.15) is 17.5 Å². The third kappa shape index (κ3) is 2.22. The van der Waals surface area contributed by atoms with Crippen molar-refractivity contribution in [2.45, 2.75) is 19.3 Å². The fraction of sp³-hybridized carbons (Fsp3) is 0.231. The molecule has 0 aliphatic heterocycles. The van der Waals surface area contributed by atoms with E-state index in [1.54, 1.807) is 6.20 Å². The summed E-state index contributed by atoms with van der Waals surface area (Å²) in [6.07, 6.45) is 1.70. The number of aromatic nitrogens is 3. The molecule has 0 fully saturated rings. The molecule has 0 unspecified atom stereocenters. The van der Waals surface area contributed by atoms with E-state index in [0.29, 0.717) is 23.3 Å². The van der Waals surface area contributed by atoms with Crippen molar-refractivity contribution < 1.29 is 4.42 Å². The lowest BCUT2D eigenvalue weighted by Gasteiger charge is -2.04. The van der Waals surface area contributed by atoms with Crippen LogP contribution >= 0.6 is 23.2 Å². The zero-order valence-electron chi connectivity index (χ0n) is 10.2. The summed E-state index contributed by atoms with van der Waals surface area (Å²) < 4.78 is 7.47. The maximum Gasteiger partial charge on any atom is 0.214 e. The van der Waals surface area contributed by atoms with E-state index in [9.17, 15) is 0 Å². The number of benzene rings is 1. The lowest BCUT2D eigenvalue weighted by atomic mass is 10.3. The summed E-state index contributed by atoms with van der Waals surface area (Å²) in [6.45, 7) is 2.36. The molecule has 3 aromatic rings. The van der Waals surface area contributed by atoms with Crippen LogP contribution in [0.3, 0.4) is 0 Å². The SMILES string of the molecule is Cc1cnc(Cn2c(CCl)nc3c(Cl)cccc32)o1. The zero-order chi connectivity index (χ0) is 13.4. The van der Waals surface area contributed by atoms with Crippen LogP contribution in [0.25, 0.3) is 11.0 Å². The highest BCUT2D eigenvalue weighted by molar-refractivity contribution is 6.35. The monoisotopic (exact) mass is 295 g/mol. The van der Waals surface area contributed by atoms with Gasteiger partial charge >= 0.3 is 0 Å². The molecule has 6 heteroatoms. The van der Waals surface area contributed by atoms with E-state index in [2.05, 4.69) is 9.97 Å². The standard InChI is InChI=1S/C13H11Cl2N3O/c1-8-6-16-12(19-8)7-18-10-4-2-3-9(15)13(10)17-11(18)5-14/h2-4,6H,5,7H2,1H3. The molecule has 19 heavy (non-hydrogen) atoms. The Morgan fingerprint density at radius 3 is 2.89 bits per heavy atom. The Bertz CT molecular complexity index is 733. The third-order valence-corrected chi connectivity index (χ3v) is 3.43. The molecule has 3 rings (SSSR count). The van der Waals surface area contributed by atoms with Gasteiger partial charge in [-0.3, -0.25) is 0 Å². The summed E-state index contributed by atoms with van der Waals surface area (Å²) in [6, 6.07) is 5.66. The molecule has 0 N–H and O–H groups in total. The number of aryl methyl sites for hydroxylation is 1. The second kappa shape index (κ2) is 4.87. The second-order valence-electron chi connectivity index (χ2n) is 4.22. The van der Waals surface area contributed by atoms with E-state index in [4.69, 9.17) is 27.6 Å². The van der Waals surface area contributed by atoms with E-state index >= 15 is 0 Å². The van der Waals surface area contributed by atoms with Crippen LogP contribution in [-0.4, -0.2) is 14.5 Å². The first-order valence-electron chi connectivity index (χ1n) is 5.80. The Hall–Kier alpha value is -1.52. The zero-order valence-corrected chi connectivity index (χ0v) is 11.7. The van der Waals surface area contributed by atoms with Gasteiger partial charge in [0.15, 0.2) is 0 Å². The van der Waals surface area contributed by atoms with Gasteiger partial charge in [-0.25, -0.2) is 9.97 Å². The van der Waals surface area contributed by atoms with Crippen LogP contribution in [0.2, 0.25) is 5.02 Å². The summed E-state index contributed by atoms with van der Waals surface area (Å²) in [5.41, 5.74) is 1.68. The molecular weight excluding hydrogens is 285 g/mol. The van der Waals surface area contributed by atoms with Gasteiger partial charge in [0.05, 0.1) is 22.6 Å². The van der Waals surface area contributed by atoms with E-state index in [1.807, 2.05) is 29.7 Å². The van der Waals surface area contributed by atoms with Crippen LogP contribution in [0.4, 0.5) is 0 Å². The Kier molecular flexibility index (Phi) is 3.21. The van der Waals surface area contributed by atoms with Crippen molar-refractivity contribution in [3.63, 3.8) is 0 Å². The van der Waals surface area contributed by atoms with E-state index in [-0.39, 0.29) is 0 Å². The van der Waals surface area contributed by atoms with E-state index < -0.39 is 0 Å². The molecular formula is C13H11Cl2N3O. The summed E-state index contributed by atoms with van der Waals surface area (Å²) in [7, 11) is 0. The molecule has 0 amide bonds. The topological polar surface area (TPSA) is 43.9 Å². The third-order valence-electron chi connectivity index (χ3n) is 2.89. The van der Waals surface area contributed by atoms with E-state index in [0.717, 1.165) is 22.6 Å². The minimum absolute atomic E-state index is 0.310. The number of oxazole rings is 1. The first-order valence-corrected chi connectivity index (χ1v) is 6.71. The van der Waals surface area contributed by atoms with Crippen molar-refractivity contribution in [3.8, 4) is 0 Å². The van der Waals surface area contributed by atoms with E-state index in [1.165, 1.54) is 0 Å². The van der Waals surface area contributed by atoms with Gasteiger partial charge in [0.25, 0.3) is 0 Å². The number of para-hydroxylation sites is 1. The molecule has 4 nitrogen and oxygen atoms in total. The molecule has 98 valence electrons. The van der Waals surface area contributed by atoms with Crippen LogP contribution in [0.15, 0.2) is 28.8 Å². The summed E-state index contributed by atoms with van der Waals surface area (Å²) >= 11 is 12.1. The predicted octanol–water partition coefficient (Wildman–Crippen LogP) is 3.77. The Morgan fingerprint density at radius 2 is 2.21 bits per heavy atom. The molecule has 2 aromatic heterocycles. The normalized spacial score (nSPS) is 11.3. The number of nitrogens with zero attached hydrogens (tertiary/aromatic N) is 3. The maximum absolute atomic E-state index is 6.15. The number of rotatable bonds is 3. The average molecular weight is 296 g/mol. The molecule has 0 saturated heterocycles. The molecule has 0 spiro atoms. The van der Waals surface area contributed by atoms with Crippen LogP contribution in [0.5, 0.6) is 0 Å². The number of imidazole rings is 1. The molecule has 1 aromatic carbocycles. The quantitative estimate of drug-likeness (QED) is 0.691. The van der Waals surface area contributed by atoms with Crippen molar-refractivity contribution in [3.05, 3.63) is 46.9 Å². The summed E-state index contributed by atoms with van der Waals surface area (Å²) in [4.78, 5) is 8.67. The Labute approximate surface area is 120 Å². The minimum atomic E-state index is 0.310. The molecule has 0 bridgehead atoms. The maximum atomic E-state index is 6.15. The van der Waals surface area contributed by atoms with Gasteiger partial charge in [0.2, 0.25) is 5.89 Å². The van der Waals surface area contributed by atoms with Crippen molar-refractivity contribution in [2.24, 2.45) is 0 Å². The largest absolute Gasteiger partial charge is 0.444 e. The summed E-state index contributed by atoms with van der Waals surface area (Å²) in [5.74, 6) is 2.47. The van der Waals surface area contributed by atoms with Gasteiger partial charge in [-0.2, -0.15) is 0 Å². The van der Waals surface area contributed by atoms with Crippen molar-refractivity contribution in [1.82, 2.24) is 14.5 Å². The fourth-order valence-corrected chi connectivity index (χ4v) is 2.46. The molecule has 0 saturated carbocycles. The van der Waals surface area contributed by atoms with Crippen LogP contribution in [-0.2, 0) is 12.4 Å². The molecule has 0 aliphatic carbocycles. The predicted molar refractivity (Wildman–Crippen MR) is 74.6 cm³/mol.